The molecule has 2 fully saturated rings. The number of ether oxygens (including phenoxy) is 1. The second-order valence-electron chi connectivity index (χ2n) is 8.49. The largest absolute Gasteiger partial charge is 0.426 e. The number of allylic oxidation sites excluding steroid dienone is 1. The van der Waals surface area contributed by atoms with Gasteiger partial charge in [-0.2, -0.15) is 0 Å². The first kappa shape index (κ1) is 20.5. The molecule has 148 valence electrons. The topological polar surface area (TPSA) is 26.3 Å². The molecule has 0 aromatic heterocycles. The molecule has 0 saturated heterocycles. The molecule has 0 heterocycles. The fourth-order valence-corrected chi connectivity index (χ4v) is 5.15. The summed E-state index contributed by atoms with van der Waals surface area (Å²) in [4.78, 5) is 12.4. The molecule has 27 heavy (non-hydrogen) atoms. The second-order valence-corrected chi connectivity index (χ2v) is 8.92. The molecule has 1 aromatic rings. The molecule has 0 radical (unpaired) electrons. The minimum absolute atomic E-state index is 0.0622. The van der Waals surface area contributed by atoms with Crippen molar-refractivity contribution >= 4 is 17.6 Å². The summed E-state index contributed by atoms with van der Waals surface area (Å²) in [7, 11) is 0. The van der Waals surface area contributed by atoms with Gasteiger partial charge in [-0.05, 0) is 93.4 Å². The lowest BCUT2D eigenvalue weighted by atomic mass is 9.68. The monoisotopic (exact) mass is 388 g/mol. The first-order valence-electron chi connectivity index (χ1n) is 10.7. The van der Waals surface area contributed by atoms with Gasteiger partial charge >= 0.3 is 5.97 Å². The van der Waals surface area contributed by atoms with Crippen molar-refractivity contribution in [1.29, 1.82) is 0 Å². The van der Waals surface area contributed by atoms with Gasteiger partial charge in [-0.25, -0.2) is 0 Å². The van der Waals surface area contributed by atoms with Gasteiger partial charge in [-0.3, -0.25) is 4.79 Å². The van der Waals surface area contributed by atoms with E-state index in [0.717, 1.165) is 37.0 Å². The van der Waals surface area contributed by atoms with Gasteiger partial charge in [0.25, 0.3) is 0 Å². The summed E-state index contributed by atoms with van der Waals surface area (Å²) in [6.45, 7) is 3.82. The van der Waals surface area contributed by atoms with E-state index in [1.54, 1.807) is 24.3 Å². The Balaban J connectivity index is 1.38. The smallest absolute Gasteiger partial charge is 0.314 e. The molecular weight excluding hydrogens is 356 g/mol. The Hall–Kier alpha value is -1.28. The number of hydrogen-bond acceptors (Lipinski definition) is 2. The molecule has 0 N–H and O–H groups in total. The van der Waals surface area contributed by atoms with E-state index in [1.807, 2.05) is 6.08 Å². The van der Waals surface area contributed by atoms with Crippen LogP contribution in [0.1, 0.15) is 70.6 Å². The first-order valence-corrected chi connectivity index (χ1v) is 11.1. The van der Waals surface area contributed by atoms with E-state index < -0.39 is 0 Å². The molecule has 0 spiro atoms. The van der Waals surface area contributed by atoms with Crippen molar-refractivity contribution in [2.45, 2.75) is 70.6 Å². The standard InChI is InChI=1S/C24H33ClO2/c1-2-3-4-5-18-6-8-19(9-7-18)20-10-12-21(13-11-20)24(26)27-23-16-14-22(25)15-17-23/h2,14-21H,1,3-13H2/t18-,19-,20?,21?. The Morgan fingerprint density at radius 3 is 2.19 bits per heavy atom. The van der Waals surface area contributed by atoms with Crippen LogP contribution in [0.5, 0.6) is 5.75 Å². The number of rotatable bonds is 7. The first-order chi connectivity index (χ1) is 13.2. The lowest BCUT2D eigenvalue weighted by molar-refractivity contribution is -0.140. The summed E-state index contributed by atoms with van der Waals surface area (Å²) in [6.07, 6.45) is 15.8. The number of unbranched alkanes of at least 4 members (excludes halogenated alkanes) is 1. The molecule has 0 unspecified atom stereocenters. The predicted molar refractivity (Wildman–Crippen MR) is 112 cm³/mol. The van der Waals surface area contributed by atoms with Crippen molar-refractivity contribution in [3.05, 3.63) is 41.9 Å². The molecule has 0 amide bonds. The molecular formula is C24H33ClO2. The molecule has 3 rings (SSSR count). The average molecular weight is 389 g/mol. The van der Waals surface area contributed by atoms with Crippen molar-refractivity contribution in [2.24, 2.45) is 23.7 Å². The normalized spacial score (nSPS) is 28.5. The highest BCUT2D eigenvalue weighted by Gasteiger charge is 2.33. The molecule has 0 atom stereocenters. The zero-order chi connectivity index (χ0) is 19.1. The van der Waals surface area contributed by atoms with Crippen molar-refractivity contribution in [3.63, 3.8) is 0 Å². The number of halogens is 1. The van der Waals surface area contributed by atoms with E-state index >= 15 is 0 Å². The van der Waals surface area contributed by atoms with Crippen LogP contribution in [0.2, 0.25) is 5.02 Å². The number of benzene rings is 1. The number of carbonyl (C=O) groups excluding carboxylic acids is 1. The Labute approximate surface area is 169 Å². The summed E-state index contributed by atoms with van der Waals surface area (Å²) in [5, 5.41) is 0.658. The van der Waals surface area contributed by atoms with Crippen LogP contribution in [0, 0.1) is 23.7 Å². The quantitative estimate of drug-likeness (QED) is 0.213. The highest BCUT2D eigenvalue weighted by atomic mass is 35.5. The maximum atomic E-state index is 12.4. The Bertz CT molecular complexity index is 593. The molecule has 2 nitrogen and oxygen atoms in total. The van der Waals surface area contributed by atoms with Gasteiger partial charge in [-0.1, -0.05) is 36.9 Å². The predicted octanol–water partition coefficient (Wildman–Crippen LogP) is 7.21. The van der Waals surface area contributed by atoms with Crippen LogP contribution >= 0.6 is 11.6 Å². The van der Waals surface area contributed by atoms with E-state index in [-0.39, 0.29) is 11.9 Å². The van der Waals surface area contributed by atoms with Crippen LogP contribution in [0.3, 0.4) is 0 Å². The third-order valence-corrected chi connectivity index (χ3v) is 6.97. The molecule has 2 aliphatic carbocycles. The van der Waals surface area contributed by atoms with Gasteiger partial charge in [0.15, 0.2) is 0 Å². The van der Waals surface area contributed by atoms with Crippen molar-refractivity contribution in [3.8, 4) is 5.75 Å². The van der Waals surface area contributed by atoms with Gasteiger partial charge in [0.1, 0.15) is 5.75 Å². The van der Waals surface area contributed by atoms with Crippen LogP contribution in [0.4, 0.5) is 0 Å². The average Bonchev–Trinajstić information content (AvgIpc) is 2.70. The van der Waals surface area contributed by atoms with Crippen molar-refractivity contribution in [2.75, 3.05) is 0 Å². The van der Waals surface area contributed by atoms with Crippen LogP contribution in [0.15, 0.2) is 36.9 Å². The lowest BCUT2D eigenvalue weighted by Gasteiger charge is -2.37. The summed E-state index contributed by atoms with van der Waals surface area (Å²) >= 11 is 5.88. The molecule has 0 aliphatic heterocycles. The third-order valence-electron chi connectivity index (χ3n) is 6.72. The van der Waals surface area contributed by atoms with Gasteiger partial charge in [0, 0.05) is 5.02 Å². The highest BCUT2D eigenvalue weighted by Crippen LogP contribution is 2.42. The zero-order valence-electron chi connectivity index (χ0n) is 16.4. The van der Waals surface area contributed by atoms with Crippen molar-refractivity contribution in [1.82, 2.24) is 0 Å². The van der Waals surface area contributed by atoms with Crippen LogP contribution in [-0.4, -0.2) is 5.97 Å². The minimum Gasteiger partial charge on any atom is -0.426 e. The van der Waals surface area contributed by atoms with Gasteiger partial charge < -0.3 is 4.74 Å². The van der Waals surface area contributed by atoms with Crippen LogP contribution in [-0.2, 0) is 4.79 Å². The SMILES string of the molecule is C=CCCC[C@H]1CC[C@H](C2CCC(C(=O)Oc3ccc(Cl)cc3)CC2)CC1. The maximum Gasteiger partial charge on any atom is 0.314 e. The Morgan fingerprint density at radius 1 is 1.00 bits per heavy atom. The maximum absolute atomic E-state index is 12.4. The Morgan fingerprint density at radius 2 is 1.59 bits per heavy atom. The van der Waals surface area contributed by atoms with E-state index in [2.05, 4.69) is 6.58 Å². The third kappa shape index (κ3) is 6.10. The minimum atomic E-state index is -0.0679. The summed E-state index contributed by atoms with van der Waals surface area (Å²) < 4.78 is 5.55. The summed E-state index contributed by atoms with van der Waals surface area (Å²) in [5.41, 5.74) is 0. The van der Waals surface area contributed by atoms with E-state index in [9.17, 15) is 4.79 Å². The highest BCUT2D eigenvalue weighted by molar-refractivity contribution is 6.30. The van der Waals surface area contributed by atoms with E-state index in [1.165, 1.54) is 51.4 Å². The van der Waals surface area contributed by atoms with E-state index in [0.29, 0.717) is 10.8 Å². The zero-order valence-corrected chi connectivity index (χ0v) is 17.1. The second kappa shape index (κ2) is 10.3. The lowest BCUT2D eigenvalue weighted by Crippen LogP contribution is -2.30. The van der Waals surface area contributed by atoms with Crippen LogP contribution < -0.4 is 4.74 Å². The van der Waals surface area contributed by atoms with E-state index in [4.69, 9.17) is 16.3 Å². The molecule has 0 bridgehead atoms. The fourth-order valence-electron chi connectivity index (χ4n) is 5.03. The number of carbonyl (C=O) groups is 1. The van der Waals surface area contributed by atoms with Crippen LogP contribution in [0.25, 0.3) is 0 Å². The molecule has 2 saturated carbocycles. The van der Waals surface area contributed by atoms with Gasteiger partial charge in [0.05, 0.1) is 5.92 Å². The molecule has 1 aromatic carbocycles. The Kier molecular flexibility index (Phi) is 7.81. The number of hydrogen-bond donors (Lipinski definition) is 0. The van der Waals surface area contributed by atoms with Gasteiger partial charge in [-0.15, -0.1) is 6.58 Å². The van der Waals surface area contributed by atoms with Crippen molar-refractivity contribution < 1.29 is 9.53 Å². The van der Waals surface area contributed by atoms with Gasteiger partial charge in [0.2, 0.25) is 0 Å². The molecule has 2 aliphatic rings. The summed E-state index contributed by atoms with van der Waals surface area (Å²) in [5.74, 6) is 3.23. The fraction of sp³-hybridized carbons (Fsp3) is 0.625. The number of esters is 1. The molecule has 3 heteroatoms. The summed E-state index contributed by atoms with van der Waals surface area (Å²) in [6, 6.07) is 7.04.